The average molecular weight is 344 g/mol. The maximum atomic E-state index is 12.4. The zero-order chi connectivity index (χ0) is 17.8. The lowest BCUT2D eigenvalue weighted by molar-refractivity contribution is -0.138. The minimum absolute atomic E-state index is 0.115. The summed E-state index contributed by atoms with van der Waals surface area (Å²) >= 11 is 0. The Morgan fingerprint density at radius 1 is 1.44 bits per heavy atom. The predicted octanol–water partition coefficient (Wildman–Crippen LogP) is -0.0897. The van der Waals surface area contributed by atoms with Gasteiger partial charge in [-0.1, -0.05) is 5.16 Å². The Hall–Kier alpha value is -2.81. The summed E-state index contributed by atoms with van der Waals surface area (Å²) in [5, 5.41) is 6.70. The van der Waals surface area contributed by atoms with Gasteiger partial charge in [0.05, 0.1) is 19.0 Å². The van der Waals surface area contributed by atoms with Crippen LogP contribution in [-0.2, 0) is 16.1 Å². The molecule has 1 N–H and O–H groups in total. The number of nitrogens with one attached hydrogen (secondary N) is 1. The highest BCUT2D eigenvalue weighted by atomic mass is 16.5. The van der Waals surface area contributed by atoms with Crippen LogP contribution >= 0.6 is 0 Å². The fourth-order valence-electron chi connectivity index (χ4n) is 2.63. The Morgan fingerprint density at radius 3 is 2.92 bits per heavy atom. The number of carbonyl (C=O) groups is 2. The van der Waals surface area contributed by atoms with E-state index in [0.29, 0.717) is 18.3 Å². The number of hydrogen-bond donors (Lipinski definition) is 1. The molecule has 2 aromatic rings. The van der Waals surface area contributed by atoms with Gasteiger partial charge in [-0.2, -0.15) is 4.98 Å². The molecular formula is C16H20N6O3. The van der Waals surface area contributed by atoms with Crippen LogP contribution in [0, 0.1) is 0 Å². The standard InChI is InChI=1S/C16H20N6O3/c1-21-8-7-18-16(24)12(21)9-14(23)22(2)10-13-19-15(20-25-13)11-3-5-17-6-4-11/h3-6,12H,7-10H2,1-2H3,(H,18,24). The van der Waals surface area contributed by atoms with Gasteiger partial charge < -0.3 is 14.7 Å². The number of rotatable bonds is 5. The fraction of sp³-hybridized carbons (Fsp3) is 0.438. The first-order chi connectivity index (χ1) is 12.0. The third-order valence-electron chi connectivity index (χ3n) is 4.17. The fourth-order valence-corrected chi connectivity index (χ4v) is 2.63. The van der Waals surface area contributed by atoms with Crippen LogP contribution in [0.5, 0.6) is 0 Å². The minimum Gasteiger partial charge on any atom is -0.353 e. The molecule has 0 radical (unpaired) electrons. The second kappa shape index (κ2) is 7.39. The molecule has 1 fully saturated rings. The highest BCUT2D eigenvalue weighted by Gasteiger charge is 2.30. The Labute approximate surface area is 145 Å². The SMILES string of the molecule is CN(Cc1nc(-c2ccncc2)no1)C(=O)CC1C(=O)NCCN1C. The summed E-state index contributed by atoms with van der Waals surface area (Å²) < 4.78 is 5.21. The summed E-state index contributed by atoms with van der Waals surface area (Å²) in [6.45, 7) is 1.52. The van der Waals surface area contributed by atoms with E-state index in [-0.39, 0.29) is 24.8 Å². The molecule has 0 aromatic carbocycles. The van der Waals surface area contributed by atoms with E-state index in [1.807, 2.05) is 11.9 Å². The van der Waals surface area contributed by atoms with Crippen molar-refractivity contribution in [3.8, 4) is 11.4 Å². The lowest BCUT2D eigenvalue weighted by atomic mass is 10.1. The van der Waals surface area contributed by atoms with Crippen LogP contribution in [0.2, 0.25) is 0 Å². The van der Waals surface area contributed by atoms with Crippen molar-refractivity contribution in [2.45, 2.75) is 19.0 Å². The van der Waals surface area contributed by atoms with Crippen molar-refractivity contribution in [2.75, 3.05) is 27.2 Å². The first kappa shape index (κ1) is 17.0. The maximum absolute atomic E-state index is 12.4. The predicted molar refractivity (Wildman–Crippen MR) is 88.0 cm³/mol. The van der Waals surface area contributed by atoms with Crippen LogP contribution < -0.4 is 5.32 Å². The summed E-state index contributed by atoms with van der Waals surface area (Å²) in [5.41, 5.74) is 0.791. The van der Waals surface area contributed by atoms with E-state index in [4.69, 9.17) is 4.52 Å². The van der Waals surface area contributed by atoms with Crippen molar-refractivity contribution < 1.29 is 14.1 Å². The molecule has 25 heavy (non-hydrogen) atoms. The molecule has 1 aliphatic rings. The van der Waals surface area contributed by atoms with Gasteiger partial charge in [-0.3, -0.25) is 19.5 Å². The van der Waals surface area contributed by atoms with Gasteiger partial charge in [-0.25, -0.2) is 0 Å². The van der Waals surface area contributed by atoms with E-state index in [0.717, 1.165) is 12.1 Å². The van der Waals surface area contributed by atoms with Gasteiger partial charge in [0.2, 0.25) is 23.5 Å². The second-order valence-corrected chi connectivity index (χ2v) is 5.99. The molecule has 1 saturated heterocycles. The van der Waals surface area contributed by atoms with Crippen molar-refractivity contribution in [3.05, 3.63) is 30.4 Å². The minimum atomic E-state index is -0.446. The smallest absolute Gasteiger partial charge is 0.246 e. The third-order valence-corrected chi connectivity index (χ3v) is 4.17. The molecule has 9 nitrogen and oxygen atoms in total. The Kier molecular flexibility index (Phi) is 5.03. The summed E-state index contributed by atoms with van der Waals surface area (Å²) in [5.74, 6) is 0.513. The van der Waals surface area contributed by atoms with Crippen molar-refractivity contribution in [3.63, 3.8) is 0 Å². The van der Waals surface area contributed by atoms with Gasteiger partial charge in [-0.05, 0) is 19.2 Å². The summed E-state index contributed by atoms with van der Waals surface area (Å²) in [4.78, 5) is 35.9. The molecule has 3 rings (SSSR count). The first-order valence-electron chi connectivity index (χ1n) is 7.99. The molecular weight excluding hydrogens is 324 g/mol. The first-order valence-corrected chi connectivity index (χ1v) is 7.99. The topological polar surface area (TPSA) is 104 Å². The highest BCUT2D eigenvalue weighted by molar-refractivity contribution is 5.88. The van der Waals surface area contributed by atoms with Crippen LogP contribution in [0.15, 0.2) is 29.0 Å². The van der Waals surface area contributed by atoms with E-state index in [1.54, 1.807) is 31.6 Å². The number of hydrogen-bond acceptors (Lipinski definition) is 7. The van der Waals surface area contributed by atoms with E-state index < -0.39 is 6.04 Å². The third kappa shape index (κ3) is 4.00. The molecule has 2 aromatic heterocycles. The van der Waals surface area contributed by atoms with Crippen molar-refractivity contribution >= 4 is 11.8 Å². The molecule has 1 unspecified atom stereocenters. The van der Waals surface area contributed by atoms with E-state index >= 15 is 0 Å². The van der Waals surface area contributed by atoms with E-state index in [1.165, 1.54) is 4.90 Å². The van der Waals surface area contributed by atoms with Crippen LogP contribution in [0.1, 0.15) is 12.3 Å². The number of aromatic nitrogens is 3. The summed E-state index contributed by atoms with van der Waals surface area (Å²) in [6.07, 6.45) is 3.41. The molecule has 0 aliphatic carbocycles. The van der Waals surface area contributed by atoms with Gasteiger partial charge >= 0.3 is 0 Å². The number of carbonyl (C=O) groups excluding carboxylic acids is 2. The molecule has 132 valence electrons. The maximum Gasteiger partial charge on any atom is 0.246 e. The van der Waals surface area contributed by atoms with Crippen LogP contribution in [-0.4, -0.2) is 70.0 Å². The lowest BCUT2D eigenvalue weighted by Crippen LogP contribution is -2.54. The second-order valence-electron chi connectivity index (χ2n) is 5.99. The Bertz CT molecular complexity index is 747. The average Bonchev–Trinajstić information content (AvgIpc) is 3.07. The molecule has 1 atom stereocenters. The van der Waals surface area contributed by atoms with Crippen molar-refractivity contribution in [2.24, 2.45) is 0 Å². The monoisotopic (exact) mass is 344 g/mol. The van der Waals surface area contributed by atoms with Crippen LogP contribution in [0.4, 0.5) is 0 Å². The molecule has 0 bridgehead atoms. The van der Waals surface area contributed by atoms with Gasteiger partial charge in [0, 0.05) is 38.1 Å². The number of amides is 2. The van der Waals surface area contributed by atoms with Crippen molar-refractivity contribution in [1.82, 2.24) is 30.2 Å². The van der Waals surface area contributed by atoms with Crippen LogP contribution in [0.25, 0.3) is 11.4 Å². The zero-order valence-corrected chi connectivity index (χ0v) is 14.2. The number of nitrogens with zero attached hydrogens (tertiary/aromatic N) is 5. The molecule has 0 spiro atoms. The molecule has 2 amide bonds. The molecule has 3 heterocycles. The van der Waals surface area contributed by atoms with Gasteiger partial charge in [-0.15, -0.1) is 0 Å². The molecule has 9 heteroatoms. The molecule has 0 saturated carbocycles. The Balaban J connectivity index is 1.60. The van der Waals surface area contributed by atoms with Crippen molar-refractivity contribution in [1.29, 1.82) is 0 Å². The normalized spacial score (nSPS) is 18.0. The summed E-state index contributed by atoms with van der Waals surface area (Å²) in [7, 11) is 3.50. The van der Waals surface area contributed by atoms with E-state index in [9.17, 15) is 9.59 Å². The molecule has 1 aliphatic heterocycles. The highest BCUT2D eigenvalue weighted by Crippen LogP contribution is 2.15. The van der Waals surface area contributed by atoms with Gasteiger partial charge in [0.1, 0.15) is 0 Å². The summed E-state index contributed by atoms with van der Waals surface area (Å²) in [6, 6.07) is 3.11. The number of piperazine rings is 1. The number of likely N-dealkylation sites (N-methyl/N-ethyl adjacent to an activating group) is 1. The van der Waals surface area contributed by atoms with E-state index in [2.05, 4.69) is 20.4 Å². The Morgan fingerprint density at radius 2 is 2.20 bits per heavy atom. The van der Waals surface area contributed by atoms with Gasteiger partial charge in [0.25, 0.3) is 0 Å². The largest absolute Gasteiger partial charge is 0.353 e. The van der Waals surface area contributed by atoms with Crippen LogP contribution in [0.3, 0.4) is 0 Å². The quantitative estimate of drug-likeness (QED) is 0.808. The lowest BCUT2D eigenvalue weighted by Gasteiger charge is -2.32. The zero-order valence-electron chi connectivity index (χ0n) is 14.2. The number of pyridine rings is 1. The van der Waals surface area contributed by atoms with Gasteiger partial charge in [0.15, 0.2) is 0 Å².